The second-order valence-electron chi connectivity index (χ2n) is 4.27. The van der Waals surface area contributed by atoms with Crippen LogP contribution in [0.2, 0.25) is 0 Å². The maximum atomic E-state index is 5.73. The summed E-state index contributed by atoms with van der Waals surface area (Å²) in [4.78, 5) is 4.64. The van der Waals surface area contributed by atoms with E-state index in [2.05, 4.69) is 31.1 Å². The van der Waals surface area contributed by atoms with E-state index in [1.807, 2.05) is 11.8 Å². The van der Waals surface area contributed by atoms with Crippen LogP contribution in [-0.2, 0) is 11.2 Å². The van der Waals surface area contributed by atoms with Crippen molar-refractivity contribution in [2.75, 3.05) is 12.3 Å². The molecule has 1 rings (SSSR count). The van der Waals surface area contributed by atoms with E-state index in [0.29, 0.717) is 6.54 Å². The zero-order valence-corrected chi connectivity index (χ0v) is 11.4. The Morgan fingerprint density at radius 3 is 2.87 bits per heavy atom. The second-order valence-corrected chi connectivity index (χ2v) is 6.31. The van der Waals surface area contributed by atoms with Crippen molar-refractivity contribution in [3.8, 4) is 0 Å². The number of hydrogen-bond donors (Lipinski definition) is 1. The van der Waals surface area contributed by atoms with Gasteiger partial charge >= 0.3 is 0 Å². The van der Waals surface area contributed by atoms with E-state index in [1.54, 1.807) is 11.3 Å². The average molecular weight is 244 g/mol. The molecule has 2 N–H and O–H groups in total. The Balaban J connectivity index is 2.56. The van der Waals surface area contributed by atoms with Gasteiger partial charge in [-0.2, -0.15) is 11.8 Å². The Labute approximate surface area is 101 Å². The summed E-state index contributed by atoms with van der Waals surface area (Å²) in [5.74, 6) is 2.26. The lowest BCUT2D eigenvalue weighted by atomic mass is 9.90. The Kier molecular flexibility index (Phi) is 5.09. The van der Waals surface area contributed by atoms with Gasteiger partial charge < -0.3 is 5.73 Å². The predicted molar refractivity (Wildman–Crippen MR) is 70.6 cm³/mol. The molecule has 86 valence electrons. The fourth-order valence-corrected chi connectivity index (χ4v) is 3.06. The van der Waals surface area contributed by atoms with Crippen LogP contribution in [0.1, 0.15) is 37.9 Å². The van der Waals surface area contributed by atoms with E-state index < -0.39 is 0 Å². The Morgan fingerprint density at radius 2 is 2.27 bits per heavy atom. The van der Waals surface area contributed by atoms with E-state index in [1.165, 1.54) is 17.2 Å². The van der Waals surface area contributed by atoms with Gasteiger partial charge in [0, 0.05) is 23.1 Å². The van der Waals surface area contributed by atoms with Crippen molar-refractivity contribution in [3.63, 3.8) is 0 Å². The maximum absolute atomic E-state index is 5.73. The molecular formula is C11H20N2S2. The van der Waals surface area contributed by atoms with Gasteiger partial charge in [0.25, 0.3) is 0 Å². The van der Waals surface area contributed by atoms with Crippen LogP contribution in [0.3, 0.4) is 0 Å². The fourth-order valence-electron chi connectivity index (χ4n) is 1.10. The SMILES string of the molecule is CCCSCc1nc(C(C)(C)CN)cs1. The minimum absolute atomic E-state index is 0.0180. The van der Waals surface area contributed by atoms with E-state index in [4.69, 9.17) is 5.73 Å². The number of thioether (sulfide) groups is 1. The largest absolute Gasteiger partial charge is 0.330 e. The van der Waals surface area contributed by atoms with Crippen LogP contribution in [0.4, 0.5) is 0 Å². The molecule has 0 bridgehead atoms. The van der Waals surface area contributed by atoms with E-state index >= 15 is 0 Å². The molecular weight excluding hydrogens is 224 g/mol. The van der Waals surface area contributed by atoms with Crippen molar-refractivity contribution in [1.82, 2.24) is 4.98 Å². The zero-order valence-electron chi connectivity index (χ0n) is 9.75. The van der Waals surface area contributed by atoms with Crippen LogP contribution in [0.5, 0.6) is 0 Å². The highest BCUT2D eigenvalue weighted by atomic mass is 32.2. The van der Waals surface area contributed by atoms with Crippen molar-refractivity contribution < 1.29 is 0 Å². The first-order valence-corrected chi connectivity index (χ1v) is 7.36. The van der Waals surface area contributed by atoms with Crippen molar-refractivity contribution in [1.29, 1.82) is 0 Å². The Hall–Kier alpha value is -0.0600. The third kappa shape index (κ3) is 3.78. The standard InChI is InChI=1S/C11H20N2S2/c1-4-5-14-7-10-13-9(6-15-10)11(2,3)8-12/h6H,4-5,7-8,12H2,1-3H3. The van der Waals surface area contributed by atoms with Gasteiger partial charge in [-0.05, 0) is 12.2 Å². The van der Waals surface area contributed by atoms with Gasteiger partial charge in [-0.1, -0.05) is 20.8 Å². The molecule has 1 aromatic heterocycles. The van der Waals surface area contributed by atoms with Crippen LogP contribution in [-0.4, -0.2) is 17.3 Å². The van der Waals surface area contributed by atoms with Crippen molar-refractivity contribution in [2.24, 2.45) is 5.73 Å². The summed E-state index contributed by atoms with van der Waals surface area (Å²) in [6.45, 7) is 7.14. The molecule has 0 radical (unpaired) electrons. The number of aromatic nitrogens is 1. The predicted octanol–water partition coefficient (Wildman–Crippen LogP) is 3.02. The summed E-state index contributed by atoms with van der Waals surface area (Å²) in [5.41, 5.74) is 6.89. The van der Waals surface area contributed by atoms with Gasteiger partial charge in [-0.15, -0.1) is 11.3 Å². The first-order chi connectivity index (χ1) is 7.10. The molecule has 0 fully saturated rings. The van der Waals surface area contributed by atoms with Gasteiger partial charge in [-0.25, -0.2) is 4.98 Å². The molecule has 1 heterocycles. The molecule has 0 amide bonds. The monoisotopic (exact) mass is 244 g/mol. The molecule has 15 heavy (non-hydrogen) atoms. The molecule has 0 aliphatic rings. The van der Waals surface area contributed by atoms with Gasteiger partial charge in [0.2, 0.25) is 0 Å². The molecule has 0 saturated heterocycles. The highest BCUT2D eigenvalue weighted by Gasteiger charge is 2.21. The first-order valence-electron chi connectivity index (χ1n) is 5.33. The zero-order chi connectivity index (χ0) is 11.3. The molecule has 0 aliphatic heterocycles. The summed E-state index contributed by atoms with van der Waals surface area (Å²) in [6, 6.07) is 0. The van der Waals surface area contributed by atoms with Crippen molar-refractivity contribution in [2.45, 2.75) is 38.4 Å². The second kappa shape index (κ2) is 5.87. The van der Waals surface area contributed by atoms with Crippen LogP contribution < -0.4 is 5.73 Å². The number of rotatable bonds is 6. The van der Waals surface area contributed by atoms with Crippen LogP contribution in [0, 0.1) is 0 Å². The van der Waals surface area contributed by atoms with Gasteiger partial charge in [0.15, 0.2) is 0 Å². The number of hydrogen-bond acceptors (Lipinski definition) is 4. The van der Waals surface area contributed by atoms with Gasteiger partial charge in [0.1, 0.15) is 5.01 Å². The lowest BCUT2D eigenvalue weighted by Gasteiger charge is -2.19. The molecule has 0 aliphatic carbocycles. The number of thiazole rings is 1. The minimum atomic E-state index is 0.0180. The number of nitrogens with two attached hydrogens (primary N) is 1. The minimum Gasteiger partial charge on any atom is -0.330 e. The summed E-state index contributed by atoms with van der Waals surface area (Å²) >= 11 is 3.71. The Morgan fingerprint density at radius 1 is 1.53 bits per heavy atom. The lowest BCUT2D eigenvalue weighted by Crippen LogP contribution is -2.28. The third-order valence-corrected chi connectivity index (χ3v) is 4.54. The normalized spacial score (nSPS) is 12.0. The average Bonchev–Trinajstić information content (AvgIpc) is 2.68. The highest BCUT2D eigenvalue weighted by Crippen LogP contribution is 2.25. The summed E-state index contributed by atoms with van der Waals surface area (Å²) in [7, 11) is 0. The quantitative estimate of drug-likeness (QED) is 0.782. The first kappa shape index (κ1) is 13.0. The summed E-state index contributed by atoms with van der Waals surface area (Å²) in [6.07, 6.45) is 1.23. The van der Waals surface area contributed by atoms with Gasteiger partial charge in [-0.3, -0.25) is 0 Å². The summed E-state index contributed by atoms with van der Waals surface area (Å²) in [5, 5.41) is 3.37. The topological polar surface area (TPSA) is 38.9 Å². The van der Waals surface area contributed by atoms with E-state index in [-0.39, 0.29) is 5.41 Å². The molecule has 0 atom stereocenters. The summed E-state index contributed by atoms with van der Waals surface area (Å²) < 4.78 is 0. The smallest absolute Gasteiger partial charge is 0.103 e. The van der Waals surface area contributed by atoms with Crippen LogP contribution >= 0.6 is 23.1 Å². The van der Waals surface area contributed by atoms with Crippen LogP contribution in [0.25, 0.3) is 0 Å². The highest BCUT2D eigenvalue weighted by molar-refractivity contribution is 7.98. The molecule has 4 heteroatoms. The molecule has 0 unspecified atom stereocenters. The molecule has 0 saturated carbocycles. The van der Waals surface area contributed by atoms with E-state index in [9.17, 15) is 0 Å². The number of nitrogens with zero attached hydrogens (tertiary/aromatic N) is 1. The van der Waals surface area contributed by atoms with E-state index in [0.717, 1.165) is 11.4 Å². The van der Waals surface area contributed by atoms with Crippen LogP contribution in [0.15, 0.2) is 5.38 Å². The van der Waals surface area contributed by atoms with Crippen molar-refractivity contribution >= 4 is 23.1 Å². The molecule has 0 aromatic carbocycles. The maximum Gasteiger partial charge on any atom is 0.103 e. The molecule has 2 nitrogen and oxygen atoms in total. The Bertz CT molecular complexity index is 295. The van der Waals surface area contributed by atoms with Gasteiger partial charge in [0.05, 0.1) is 5.69 Å². The third-order valence-electron chi connectivity index (χ3n) is 2.33. The fraction of sp³-hybridized carbons (Fsp3) is 0.727. The lowest BCUT2D eigenvalue weighted by molar-refractivity contribution is 0.524. The molecule has 1 aromatic rings. The molecule has 0 spiro atoms. The van der Waals surface area contributed by atoms with Crippen molar-refractivity contribution in [3.05, 3.63) is 16.1 Å².